The van der Waals surface area contributed by atoms with Crippen LogP contribution in [0.5, 0.6) is 0 Å². The van der Waals surface area contributed by atoms with E-state index < -0.39 is 0 Å². The van der Waals surface area contributed by atoms with Gasteiger partial charge < -0.3 is 10.6 Å². The summed E-state index contributed by atoms with van der Waals surface area (Å²) in [4.78, 5) is 23.6. The van der Waals surface area contributed by atoms with E-state index in [1.54, 1.807) is 36.4 Å². The zero-order valence-electron chi connectivity index (χ0n) is 16.7. The molecule has 0 fully saturated rings. The number of unbranched alkanes of at least 4 members (excludes halogenated alkanes) is 3. The van der Waals surface area contributed by atoms with Crippen molar-refractivity contribution < 1.29 is 9.59 Å². The lowest BCUT2D eigenvalue weighted by Crippen LogP contribution is -2.23. The molecule has 0 aliphatic rings. The van der Waals surface area contributed by atoms with Crippen molar-refractivity contribution in [3.63, 3.8) is 0 Å². The molecule has 6 heteroatoms. The van der Waals surface area contributed by atoms with Gasteiger partial charge in [-0.1, -0.05) is 60.3 Å². The van der Waals surface area contributed by atoms with Crippen LogP contribution in [0.25, 0.3) is 12.2 Å². The molecule has 4 nitrogen and oxygen atoms in total. The van der Waals surface area contributed by atoms with Crippen LogP contribution in [0.2, 0.25) is 10.0 Å². The molecule has 0 heterocycles. The van der Waals surface area contributed by atoms with Gasteiger partial charge in [-0.05, 0) is 60.4 Å². The van der Waals surface area contributed by atoms with E-state index in [0.717, 1.165) is 36.8 Å². The van der Waals surface area contributed by atoms with Gasteiger partial charge in [0.15, 0.2) is 0 Å². The van der Waals surface area contributed by atoms with Gasteiger partial charge in [0.25, 0.3) is 0 Å². The van der Waals surface area contributed by atoms with E-state index in [-0.39, 0.29) is 11.8 Å². The van der Waals surface area contributed by atoms with Crippen molar-refractivity contribution in [1.82, 2.24) is 10.6 Å². The van der Waals surface area contributed by atoms with Gasteiger partial charge in [0.05, 0.1) is 0 Å². The minimum Gasteiger partial charge on any atom is -0.353 e. The molecule has 30 heavy (non-hydrogen) atoms. The van der Waals surface area contributed by atoms with Gasteiger partial charge in [-0.25, -0.2) is 0 Å². The molecule has 0 atom stereocenters. The van der Waals surface area contributed by atoms with Crippen molar-refractivity contribution in [2.24, 2.45) is 0 Å². The molecule has 0 spiro atoms. The van der Waals surface area contributed by atoms with E-state index in [0.29, 0.717) is 23.1 Å². The lowest BCUT2D eigenvalue weighted by atomic mass is 10.2. The zero-order chi connectivity index (χ0) is 21.6. The Balaban J connectivity index is 1.48. The third-order valence-electron chi connectivity index (χ3n) is 4.30. The molecule has 0 bridgehead atoms. The van der Waals surface area contributed by atoms with Crippen molar-refractivity contribution >= 4 is 47.2 Å². The Morgan fingerprint density at radius 2 is 1.00 bits per heavy atom. The number of amides is 2. The summed E-state index contributed by atoms with van der Waals surface area (Å²) in [5.41, 5.74) is 1.86. The number of rotatable bonds is 11. The van der Waals surface area contributed by atoms with Gasteiger partial charge in [-0.2, -0.15) is 0 Å². The summed E-state index contributed by atoms with van der Waals surface area (Å²) in [6.07, 6.45) is 10.4. The predicted octanol–water partition coefficient (Wildman–Crippen LogP) is 5.51. The third-order valence-corrected chi connectivity index (χ3v) is 4.80. The van der Waals surface area contributed by atoms with Crippen LogP contribution in [0.15, 0.2) is 60.7 Å². The second kappa shape index (κ2) is 13.6. The summed E-state index contributed by atoms with van der Waals surface area (Å²) in [7, 11) is 0. The number of halogens is 2. The van der Waals surface area contributed by atoms with Crippen LogP contribution in [0, 0.1) is 0 Å². The van der Waals surface area contributed by atoms with Gasteiger partial charge >= 0.3 is 0 Å². The van der Waals surface area contributed by atoms with Crippen LogP contribution in [0.1, 0.15) is 36.8 Å². The van der Waals surface area contributed by atoms with Gasteiger partial charge in [0, 0.05) is 35.3 Å². The molecule has 0 saturated heterocycles. The van der Waals surface area contributed by atoms with E-state index in [1.807, 2.05) is 24.3 Å². The molecule has 2 aromatic rings. The van der Waals surface area contributed by atoms with Crippen LogP contribution in [-0.2, 0) is 9.59 Å². The third kappa shape index (κ3) is 10.3. The van der Waals surface area contributed by atoms with Crippen molar-refractivity contribution in [2.75, 3.05) is 13.1 Å². The van der Waals surface area contributed by atoms with E-state index in [1.165, 1.54) is 12.2 Å². The van der Waals surface area contributed by atoms with Gasteiger partial charge in [-0.3, -0.25) is 9.59 Å². The van der Waals surface area contributed by atoms with E-state index >= 15 is 0 Å². The second-order valence-corrected chi connectivity index (χ2v) is 7.64. The van der Waals surface area contributed by atoms with Crippen molar-refractivity contribution in [3.05, 3.63) is 81.9 Å². The Kier molecular flexibility index (Phi) is 10.8. The lowest BCUT2D eigenvalue weighted by Gasteiger charge is -2.04. The number of hydrogen-bond donors (Lipinski definition) is 2. The molecule has 2 rings (SSSR count). The Hall–Kier alpha value is -2.56. The SMILES string of the molecule is O=C(/C=C/c1ccc(Cl)cc1)NCCCCCCNC(=O)/C=C/c1ccc(Cl)cc1. The molecular formula is C24H26Cl2N2O2. The zero-order valence-corrected chi connectivity index (χ0v) is 18.3. The van der Waals surface area contributed by atoms with Crippen molar-refractivity contribution in [3.8, 4) is 0 Å². The van der Waals surface area contributed by atoms with Gasteiger partial charge in [-0.15, -0.1) is 0 Å². The number of carbonyl (C=O) groups excluding carboxylic acids is 2. The highest BCUT2D eigenvalue weighted by atomic mass is 35.5. The molecule has 0 aliphatic heterocycles. The molecule has 2 amide bonds. The molecule has 0 saturated carbocycles. The normalized spacial score (nSPS) is 11.1. The Morgan fingerprint density at radius 1 is 0.633 bits per heavy atom. The Morgan fingerprint density at radius 3 is 1.37 bits per heavy atom. The number of hydrogen-bond acceptors (Lipinski definition) is 2. The van der Waals surface area contributed by atoms with Crippen LogP contribution >= 0.6 is 23.2 Å². The average Bonchev–Trinajstić information content (AvgIpc) is 2.74. The first-order chi connectivity index (χ1) is 14.5. The summed E-state index contributed by atoms with van der Waals surface area (Å²) in [6, 6.07) is 14.6. The molecule has 0 aliphatic carbocycles. The lowest BCUT2D eigenvalue weighted by molar-refractivity contribution is -0.117. The fraction of sp³-hybridized carbons (Fsp3) is 0.250. The summed E-state index contributed by atoms with van der Waals surface area (Å²) < 4.78 is 0. The van der Waals surface area contributed by atoms with E-state index in [2.05, 4.69) is 10.6 Å². The largest absolute Gasteiger partial charge is 0.353 e. The minimum absolute atomic E-state index is 0.107. The van der Waals surface area contributed by atoms with Crippen LogP contribution < -0.4 is 10.6 Å². The number of nitrogens with one attached hydrogen (secondary N) is 2. The molecular weight excluding hydrogens is 419 g/mol. The Bertz CT molecular complexity index is 786. The standard InChI is InChI=1S/C24H26Cl2N2O2/c25-21-11-5-19(6-12-21)9-15-23(29)27-17-3-1-2-4-18-28-24(30)16-10-20-7-13-22(26)14-8-20/h5-16H,1-4,17-18H2,(H,27,29)(H,28,30)/b15-9+,16-10+. The molecule has 0 aromatic heterocycles. The molecule has 2 N–H and O–H groups in total. The fourth-order valence-corrected chi connectivity index (χ4v) is 2.89. The predicted molar refractivity (Wildman–Crippen MR) is 125 cm³/mol. The van der Waals surface area contributed by atoms with Gasteiger partial charge in [0.1, 0.15) is 0 Å². The quantitative estimate of drug-likeness (QED) is 0.354. The summed E-state index contributed by atoms with van der Waals surface area (Å²) >= 11 is 11.7. The summed E-state index contributed by atoms with van der Waals surface area (Å²) in [5, 5.41) is 7.08. The molecule has 0 unspecified atom stereocenters. The maximum Gasteiger partial charge on any atom is 0.243 e. The van der Waals surface area contributed by atoms with E-state index in [9.17, 15) is 9.59 Å². The molecule has 158 valence electrons. The first-order valence-electron chi connectivity index (χ1n) is 9.96. The first-order valence-corrected chi connectivity index (χ1v) is 10.7. The summed E-state index contributed by atoms with van der Waals surface area (Å²) in [5.74, 6) is -0.214. The maximum absolute atomic E-state index is 11.8. The van der Waals surface area contributed by atoms with E-state index in [4.69, 9.17) is 23.2 Å². The number of carbonyl (C=O) groups is 2. The highest BCUT2D eigenvalue weighted by Gasteiger charge is 1.98. The topological polar surface area (TPSA) is 58.2 Å². The molecule has 0 radical (unpaired) electrons. The monoisotopic (exact) mass is 444 g/mol. The fourth-order valence-electron chi connectivity index (χ4n) is 2.64. The number of benzene rings is 2. The highest BCUT2D eigenvalue weighted by molar-refractivity contribution is 6.30. The second-order valence-electron chi connectivity index (χ2n) is 6.77. The van der Waals surface area contributed by atoms with Crippen LogP contribution in [-0.4, -0.2) is 24.9 Å². The smallest absolute Gasteiger partial charge is 0.243 e. The minimum atomic E-state index is -0.107. The van der Waals surface area contributed by atoms with Crippen molar-refractivity contribution in [1.29, 1.82) is 0 Å². The highest BCUT2D eigenvalue weighted by Crippen LogP contribution is 2.11. The van der Waals surface area contributed by atoms with Crippen molar-refractivity contribution in [2.45, 2.75) is 25.7 Å². The maximum atomic E-state index is 11.8. The summed E-state index contributed by atoms with van der Waals surface area (Å²) in [6.45, 7) is 1.28. The van der Waals surface area contributed by atoms with Crippen LogP contribution in [0.3, 0.4) is 0 Å². The van der Waals surface area contributed by atoms with Crippen LogP contribution in [0.4, 0.5) is 0 Å². The average molecular weight is 445 g/mol. The Labute approximate surface area is 188 Å². The first kappa shape index (κ1) is 23.7. The van der Waals surface area contributed by atoms with Gasteiger partial charge in [0.2, 0.25) is 11.8 Å². The molecule has 2 aromatic carbocycles.